The van der Waals surface area contributed by atoms with Gasteiger partial charge in [0.05, 0.1) is 18.1 Å². The maximum atomic E-state index is 5.24. The molecule has 0 aliphatic heterocycles. The first-order valence-electron chi connectivity index (χ1n) is 6.94. The SMILES string of the molecule is CN=C(NCc1ccc(OC)c(Br)c1)NCc1sccc1C.I. The van der Waals surface area contributed by atoms with Crippen LogP contribution in [0, 0.1) is 6.92 Å². The number of halogens is 2. The summed E-state index contributed by atoms with van der Waals surface area (Å²) in [6.45, 7) is 3.61. The minimum absolute atomic E-state index is 0. The van der Waals surface area contributed by atoms with E-state index in [4.69, 9.17) is 4.74 Å². The molecule has 2 aromatic rings. The van der Waals surface area contributed by atoms with Crippen LogP contribution in [-0.4, -0.2) is 20.1 Å². The lowest BCUT2D eigenvalue weighted by atomic mass is 10.2. The molecule has 0 bridgehead atoms. The minimum atomic E-state index is 0. The Morgan fingerprint density at radius 3 is 2.57 bits per heavy atom. The first kappa shape index (κ1) is 20.2. The van der Waals surface area contributed by atoms with E-state index in [1.54, 1.807) is 25.5 Å². The fourth-order valence-corrected chi connectivity index (χ4v) is 3.41. The number of thiophene rings is 1. The summed E-state index contributed by atoms with van der Waals surface area (Å²) in [5, 5.41) is 8.76. The van der Waals surface area contributed by atoms with E-state index in [-0.39, 0.29) is 24.0 Å². The fourth-order valence-electron chi connectivity index (χ4n) is 1.98. The van der Waals surface area contributed by atoms with Crippen molar-refractivity contribution in [3.05, 3.63) is 50.1 Å². The molecule has 0 saturated carbocycles. The maximum Gasteiger partial charge on any atom is 0.191 e. The van der Waals surface area contributed by atoms with Crippen LogP contribution in [0.2, 0.25) is 0 Å². The second-order valence-electron chi connectivity index (χ2n) is 4.78. The molecule has 1 aromatic heterocycles. The van der Waals surface area contributed by atoms with Crippen molar-refractivity contribution in [1.82, 2.24) is 10.6 Å². The van der Waals surface area contributed by atoms with Gasteiger partial charge in [0.2, 0.25) is 0 Å². The van der Waals surface area contributed by atoms with Crippen molar-refractivity contribution in [2.45, 2.75) is 20.0 Å². The first-order chi connectivity index (χ1) is 10.6. The average Bonchev–Trinajstić information content (AvgIpc) is 2.93. The molecule has 1 heterocycles. The number of rotatable bonds is 5. The van der Waals surface area contributed by atoms with Gasteiger partial charge in [-0.05, 0) is 57.6 Å². The van der Waals surface area contributed by atoms with Gasteiger partial charge in [-0.25, -0.2) is 0 Å². The van der Waals surface area contributed by atoms with Gasteiger partial charge < -0.3 is 15.4 Å². The second-order valence-corrected chi connectivity index (χ2v) is 6.63. The van der Waals surface area contributed by atoms with Gasteiger partial charge in [0.15, 0.2) is 5.96 Å². The van der Waals surface area contributed by atoms with Gasteiger partial charge in [0.25, 0.3) is 0 Å². The largest absolute Gasteiger partial charge is 0.496 e. The number of hydrogen-bond acceptors (Lipinski definition) is 3. The van der Waals surface area contributed by atoms with E-state index in [0.717, 1.165) is 28.3 Å². The molecule has 1 aromatic carbocycles. The van der Waals surface area contributed by atoms with Crippen molar-refractivity contribution in [3.8, 4) is 5.75 Å². The quantitative estimate of drug-likeness (QED) is 0.358. The summed E-state index contributed by atoms with van der Waals surface area (Å²) in [7, 11) is 3.44. The van der Waals surface area contributed by atoms with E-state index >= 15 is 0 Å². The lowest BCUT2D eigenvalue weighted by Crippen LogP contribution is -2.36. The van der Waals surface area contributed by atoms with E-state index < -0.39 is 0 Å². The third-order valence-corrected chi connectivity index (χ3v) is 4.93. The Labute approximate surface area is 166 Å². The summed E-state index contributed by atoms with van der Waals surface area (Å²) in [6.07, 6.45) is 0. The van der Waals surface area contributed by atoms with Crippen molar-refractivity contribution in [2.24, 2.45) is 4.99 Å². The van der Waals surface area contributed by atoms with Crippen LogP contribution in [0.15, 0.2) is 39.1 Å². The molecule has 2 N–H and O–H groups in total. The van der Waals surface area contributed by atoms with Crippen LogP contribution in [-0.2, 0) is 13.1 Å². The van der Waals surface area contributed by atoms with Crippen LogP contribution in [0.5, 0.6) is 5.75 Å². The highest BCUT2D eigenvalue weighted by molar-refractivity contribution is 14.0. The fraction of sp³-hybridized carbons (Fsp3) is 0.312. The zero-order valence-corrected chi connectivity index (χ0v) is 18.1. The highest BCUT2D eigenvalue weighted by atomic mass is 127. The Bertz CT molecular complexity index is 661. The number of ether oxygens (including phenoxy) is 1. The van der Waals surface area contributed by atoms with Crippen molar-refractivity contribution in [1.29, 1.82) is 0 Å². The van der Waals surface area contributed by atoms with Gasteiger partial charge in [-0.3, -0.25) is 4.99 Å². The Hall–Kier alpha value is -0.800. The molecule has 2 rings (SSSR count). The standard InChI is InChI=1S/C16H20BrN3OS.HI/c1-11-6-7-22-15(11)10-20-16(18-2)19-9-12-4-5-14(21-3)13(17)8-12;/h4-8H,9-10H2,1-3H3,(H2,18,19,20);1H. The van der Waals surface area contributed by atoms with Crippen LogP contribution in [0.3, 0.4) is 0 Å². The number of nitrogens with zero attached hydrogens (tertiary/aromatic N) is 1. The maximum absolute atomic E-state index is 5.24. The number of aryl methyl sites for hydroxylation is 1. The molecule has 7 heteroatoms. The van der Waals surface area contributed by atoms with Gasteiger partial charge in [0.1, 0.15) is 5.75 Å². The predicted octanol–water partition coefficient (Wildman–Crippen LogP) is 4.31. The summed E-state index contributed by atoms with van der Waals surface area (Å²) >= 11 is 5.26. The summed E-state index contributed by atoms with van der Waals surface area (Å²) in [4.78, 5) is 5.58. The molecule has 0 atom stereocenters. The van der Waals surface area contributed by atoms with Gasteiger partial charge in [-0.15, -0.1) is 35.3 Å². The molecule has 4 nitrogen and oxygen atoms in total. The summed E-state index contributed by atoms with van der Waals surface area (Å²) < 4.78 is 6.19. The highest BCUT2D eigenvalue weighted by Crippen LogP contribution is 2.25. The minimum Gasteiger partial charge on any atom is -0.496 e. The summed E-state index contributed by atoms with van der Waals surface area (Å²) in [5.41, 5.74) is 2.47. The third kappa shape index (κ3) is 5.96. The van der Waals surface area contributed by atoms with Gasteiger partial charge >= 0.3 is 0 Å². The zero-order chi connectivity index (χ0) is 15.9. The zero-order valence-electron chi connectivity index (χ0n) is 13.4. The first-order valence-corrected chi connectivity index (χ1v) is 8.61. The molecule has 23 heavy (non-hydrogen) atoms. The lowest BCUT2D eigenvalue weighted by Gasteiger charge is -2.12. The number of nitrogens with one attached hydrogen (secondary N) is 2. The van der Waals surface area contributed by atoms with Crippen LogP contribution in [0.25, 0.3) is 0 Å². The summed E-state index contributed by atoms with van der Waals surface area (Å²) in [6, 6.07) is 8.16. The Balaban J connectivity index is 0.00000264. The predicted molar refractivity (Wildman–Crippen MR) is 112 cm³/mol. The molecule has 0 radical (unpaired) electrons. The number of guanidine groups is 1. The summed E-state index contributed by atoms with van der Waals surface area (Å²) in [5.74, 6) is 1.62. The molecule has 0 aliphatic carbocycles. The monoisotopic (exact) mass is 509 g/mol. The number of aliphatic imine (C=N–C) groups is 1. The van der Waals surface area contributed by atoms with Gasteiger partial charge in [0, 0.05) is 18.5 Å². The van der Waals surface area contributed by atoms with E-state index in [1.165, 1.54) is 10.4 Å². The van der Waals surface area contributed by atoms with E-state index in [2.05, 4.69) is 49.9 Å². The highest BCUT2D eigenvalue weighted by Gasteiger charge is 2.04. The second kappa shape index (κ2) is 10.1. The van der Waals surface area contributed by atoms with Crippen molar-refractivity contribution in [3.63, 3.8) is 0 Å². The lowest BCUT2D eigenvalue weighted by molar-refractivity contribution is 0.412. The van der Waals surface area contributed by atoms with Crippen LogP contribution in [0.4, 0.5) is 0 Å². The normalized spacial score (nSPS) is 10.9. The van der Waals surface area contributed by atoms with E-state index in [1.807, 2.05) is 18.2 Å². The van der Waals surface area contributed by atoms with Gasteiger partial charge in [-0.1, -0.05) is 6.07 Å². The smallest absolute Gasteiger partial charge is 0.191 e. The molecule has 0 fully saturated rings. The molecule has 0 spiro atoms. The van der Waals surface area contributed by atoms with Crippen molar-refractivity contribution in [2.75, 3.05) is 14.2 Å². The average molecular weight is 510 g/mol. The Kier molecular flexibility index (Phi) is 8.93. The van der Waals surface area contributed by atoms with Crippen molar-refractivity contribution >= 4 is 57.2 Å². The molecule has 0 amide bonds. The topological polar surface area (TPSA) is 45.7 Å². The van der Waals surface area contributed by atoms with E-state index in [0.29, 0.717) is 6.54 Å². The third-order valence-electron chi connectivity index (χ3n) is 3.28. The molecular weight excluding hydrogens is 489 g/mol. The van der Waals surface area contributed by atoms with Crippen LogP contribution >= 0.6 is 51.2 Å². The number of methoxy groups -OCH3 is 1. The van der Waals surface area contributed by atoms with E-state index in [9.17, 15) is 0 Å². The number of benzene rings is 1. The molecular formula is C16H21BrIN3OS. The van der Waals surface area contributed by atoms with Crippen LogP contribution < -0.4 is 15.4 Å². The Morgan fingerprint density at radius 1 is 1.26 bits per heavy atom. The molecule has 0 unspecified atom stereocenters. The molecule has 0 saturated heterocycles. The Morgan fingerprint density at radius 2 is 2.00 bits per heavy atom. The molecule has 126 valence electrons. The molecule has 0 aliphatic rings. The number of hydrogen-bond donors (Lipinski definition) is 2. The van der Waals surface area contributed by atoms with Crippen LogP contribution in [0.1, 0.15) is 16.0 Å². The van der Waals surface area contributed by atoms with Gasteiger partial charge in [-0.2, -0.15) is 0 Å². The van der Waals surface area contributed by atoms with Crippen molar-refractivity contribution < 1.29 is 4.74 Å².